The normalized spacial score (nSPS) is 17.5. The number of carbonyl (C=O) groups excluding carboxylic acids is 2. The number of aromatic nitrogens is 2. The fraction of sp³-hybridized carbons (Fsp3) is 0.643. The molecule has 114 valence electrons. The van der Waals surface area contributed by atoms with E-state index in [9.17, 15) is 9.59 Å². The van der Waals surface area contributed by atoms with Gasteiger partial charge in [0.15, 0.2) is 5.69 Å². The summed E-state index contributed by atoms with van der Waals surface area (Å²) >= 11 is 0. The van der Waals surface area contributed by atoms with Crippen molar-refractivity contribution in [3.05, 3.63) is 11.4 Å². The van der Waals surface area contributed by atoms with Gasteiger partial charge in [0.05, 0.1) is 11.4 Å². The van der Waals surface area contributed by atoms with Crippen LogP contribution in [-0.4, -0.2) is 34.6 Å². The lowest BCUT2D eigenvalue weighted by Gasteiger charge is -2.05. The molecule has 2 aliphatic rings. The molecule has 0 spiro atoms. The molecule has 7 nitrogen and oxygen atoms in total. The van der Waals surface area contributed by atoms with E-state index in [-0.39, 0.29) is 17.5 Å². The van der Waals surface area contributed by atoms with E-state index in [4.69, 9.17) is 5.73 Å². The minimum Gasteiger partial charge on any atom is -0.395 e. The zero-order valence-electron chi connectivity index (χ0n) is 11.9. The first-order valence-corrected chi connectivity index (χ1v) is 7.56. The van der Waals surface area contributed by atoms with Crippen LogP contribution in [0.15, 0.2) is 0 Å². The molecule has 0 bridgehead atoms. The van der Waals surface area contributed by atoms with Gasteiger partial charge in [-0.25, -0.2) is 0 Å². The maximum atomic E-state index is 12.0. The van der Waals surface area contributed by atoms with Crippen molar-refractivity contribution in [1.29, 1.82) is 0 Å². The van der Waals surface area contributed by atoms with Crippen LogP contribution in [0.1, 0.15) is 60.6 Å². The predicted octanol–water partition coefficient (Wildman–Crippen LogP) is 0.658. The van der Waals surface area contributed by atoms with Gasteiger partial charge in [-0.05, 0) is 32.1 Å². The highest BCUT2D eigenvalue weighted by atomic mass is 16.2. The highest BCUT2D eigenvalue weighted by Crippen LogP contribution is 2.42. The Morgan fingerprint density at radius 2 is 2.05 bits per heavy atom. The molecule has 0 saturated heterocycles. The lowest BCUT2D eigenvalue weighted by molar-refractivity contribution is -0.121. The fourth-order valence-electron chi connectivity index (χ4n) is 2.28. The van der Waals surface area contributed by atoms with Gasteiger partial charge in [-0.2, -0.15) is 5.10 Å². The minimum atomic E-state index is -0.279. The first-order chi connectivity index (χ1) is 10.1. The molecule has 0 radical (unpaired) electrons. The average molecular weight is 291 g/mol. The van der Waals surface area contributed by atoms with Crippen LogP contribution in [0.4, 0.5) is 5.69 Å². The second kappa shape index (κ2) is 5.75. The van der Waals surface area contributed by atoms with Gasteiger partial charge in [0.1, 0.15) is 0 Å². The largest absolute Gasteiger partial charge is 0.395 e. The second-order valence-corrected chi connectivity index (χ2v) is 5.88. The number of aromatic amines is 1. The topological polar surface area (TPSA) is 113 Å². The summed E-state index contributed by atoms with van der Waals surface area (Å²) in [5.41, 5.74) is 7.54. The number of nitrogens with one attached hydrogen (secondary N) is 3. The van der Waals surface area contributed by atoms with Gasteiger partial charge in [-0.15, -0.1) is 0 Å². The average Bonchev–Trinajstić information content (AvgIpc) is 3.36. The van der Waals surface area contributed by atoms with Crippen molar-refractivity contribution in [3.8, 4) is 0 Å². The Bertz CT molecular complexity index is 546. The Balaban J connectivity index is 1.40. The molecule has 21 heavy (non-hydrogen) atoms. The van der Waals surface area contributed by atoms with Gasteiger partial charge >= 0.3 is 0 Å². The van der Waals surface area contributed by atoms with Gasteiger partial charge in [0, 0.05) is 24.9 Å². The summed E-state index contributed by atoms with van der Waals surface area (Å²) in [6, 6.07) is 0.386. The Morgan fingerprint density at radius 1 is 1.29 bits per heavy atom. The van der Waals surface area contributed by atoms with Crippen LogP contribution in [0.2, 0.25) is 0 Å². The number of nitrogens with zero attached hydrogens (tertiary/aromatic N) is 1. The van der Waals surface area contributed by atoms with E-state index in [0.29, 0.717) is 37.0 Å². The number of nitrogens with two attached hydrogens (primary N) is 1. The number of hydrogen-bond acceptors (Lipinski definition) is 4. The van der Waals surface area contributed by atoms with E-state index in [1.807, 2.05) is 0 Å². The molecule has 1 heterocycles. The molecule has 2 amide bonds. The molecule has 3 rings (SSSR count). The maximum Gasteiger partial charge on any atom is 0.273 e. The second-order valence-electron chi connectivity index (χ2n) is 5.88. The van der Waals surface area contributed by atoms with E-state index in [0.717, 1.165) is 31.4 Å². The number of carbonyl (C=O) groups is 2. The van der Waals surface area contributed by atoms with Crippen molar-refractivity contribution in [2.45, 2.75) is 50.5 Å². The molecule has 5 N–H and O–H groups in total. The van der Waals surface area contributed by atoms with E-state index < -0.39 is 0 Å². The molecule has 0 atom stereocenters. The van der Waals surface area contributed by atoms with Crippen LogP contribution in [0.5, 0.6) is 0 Å². The predicted molar refractivity (Wildman–Crippen MR) is 77.7 cm³/mol. The summed E-state index contributed by atoms with van der Waals surface area (Å²) in [7, 11) is 0. The molecule has 7 heteroatoms. The Hall–Kier alpha value is -2.05. The number of anilines is 1. The quantitative estimate of drug-likeness (QED) is 0.553. The van der Waals surface area contributed by atoms with Crippen LogP contribution in [0, 0.1) is 0 Å². The molecule has 2 aliphatic carbocycles. The first kappa shape index (κ1) is 13.9. The first-order valence-electron chi connectivity index (χ1n) is 7.56. The number of hydrogen-bond donors (Lipinski definition) is 4. The summed E-state index contributed by atoms with van der Waals surface area (Å²) in [5, 5.41) is 12.5. The molecule has 1 aromatic rings. The zero-order valence-corrected chi connectivity index (χ0v) is 11.9. The summed E-state index contributed by atoms with van der Waals surface area (Å²) in [4.78, 5) is 23.5. The van der Waals surface area contributed by atoms with Crippen LogP contribution in [0.25, 0.3) is 0 Å². The van der Waals surface area contributed by atoms with E-state index in [2.05, 4.69) is 20.8 Å². The third kappa shape index (κ3) is 3.53. The molecular formula is C14H21N5O2. The van der Waals surface area contributed by atoms with Crippen LogP contribution < -0.4 is 16.4 Å². The highest BCUT2D eigenvalue weighted by Gasteiger charge is 2.30. The maximum absolute atomic E-state index is 12.0. The lowest BCUT2D eigenvalue weighted by Crippen LogP contribution is -2.29. The van der Waals surface area contributed by atoms with Gasteiger partial charge in [0.2, 0.25) is 5.91 Å². The highest BCUT2D eigenvalue weighted by molar-refractivity contribution is 5.97. The standard InChI is InChI=1S/C14H21N5O2/c15-11-12(8-3-4-8)18-19-13(11)14(21)16-7-1-2-10(20)17-9-5-6-9/h8-9H,1-7,15H2,(H,16,21)(H,17,20)(H,18,19). The summed E-state index contributed by atoms with van der Waals surface area (Å²) in [6.45, 7) is 0.446. The van der Waals surface area contributed by atoms with Crippen molar-refractivity contribution in [3.63, 3.8) is 0 Å². The van der Waals surface area contributed by atoms with Crippen LogP contribution >= 0.6 is 0 Å². The Labute approximate surface area is 123 Å². The molecule has 0 aromatic carbocycles. The lowest BCUT2D eigenvalue weighted by atomic mass is 10.2. The number of amides is 2. The molecule has 0 unspecified atom stereocenters. The summed E-state index contributed by atoms with van der Waals surface area (Å²) in [6.07, 6.45) is 5.42. The van der Waals surface area contributed by atoms with Crippen LogP contribution in [0.3, 0.4) is 0 Å². The van der Waals surface area contributed by atoms with Gasteiger partial charge in [-0.3, -0.25) is 14.7 Å². The summed E-state index contributed by atoms with van der Waals surface area (Å²) < 4.78 is 0. The Morgan fingerprint density at radius 3 is 2.71 bits per heavy atom. The Kier molecular flexibility index (Phi) is 3.81. The molecule has 1 aromatic heterocycles. The molecule has 2 fully saturated rings. The number of rotatable bonds is 7. The molecular weight excluding hydrogens is 270 g/mol. The third-order valence-corrected chi connectivity index (χ3v) is 3.84. The van der Waals surface area contributed by atoms with Gasteiger partial charge in [-0.1, -0.05) is 0 Å². The number of nitrogen functional groups attached to an aromatic ring is 1. The van der Waals surface area contributed by atoms with Gasteiger partial charge < -0.3 is 16.4 Å². The van der Waals surface area contributed by atoms with Gasteiger partial charge in [0.25, 0.3) is 5.91 Å². The number of H-pyrrole nitrogens is 1. The molecule has 2 saturated carbocycles. The van der Waals surface area contributed by atoms with E-state index >= 15 is 0 Å². The van der Waals surface area contributed by atoms with Crippen molar-refractivity contribution in [2.24, 2.45) is 0 Å². The van der Waals surface area contributed by atoms with Crippen molar-refractivity contribution < 1.29 is 9.59 Å². The van der Waals surface area contributed by atoms with E-state index in [1.165, 1.54) is 0 Å². The van der Waals surface area contributed by atoms with Crippen LogP contribution in [-0.2, 0) is 4.79 Å². The van der Waals surface area contributed by atoms with Crippen molar-refractivity contribution in [1.82, 2.24) is 20.8 Å². The van der Waals surface area contributed by atoms with Crippen molar-refractivity contribution >= 4 is 17.5 Å². The molecule has 0 aliphatic heterocycles. The SMILES string of the molecule is Nc1c(C(=O)NCCCC(=O)NC2CC2)n[nH]c1C1CC1. The summed E-state index contributed by atoms with van der Waals surface area (Å²) in [5.74, 6) is 0.213. The third-order valence-electron chi connectivity index (χ3n) is 3.84. The monoisotopic (exact) mass is 291 g/mol. The fourth-order valence-corrected chi connectivity index (χ4v) is 2.28. The van der Waals surface area contributed by atoms with Crippen molar-refractivity contribution in [2.75, 3.05) is 12.3 Å². The van der Waals surface area contributed by atoms with E-state index in [1.54, 1.807) is 0 Å². The smallest absolute Gasteiger partial charge is 0.273 e. The minimum absolute atomic E-state index is 0.0575. The zero-order chi connectivity index (χ0) is 14.8.